The predicted octanol–water partition coefficient (Wildman–Crippen LogP) is 7.59. The number of aromatic nitrogens is 6. The molecule has 5 aromatic heterocycles. The summed E-state index contributed by atoms with van der Waals surface area (Å²) >= 11 is 0. The van der Waals surface area contributed by atoms with Crippen molar-refractivity contribution < 1.29 is 9.18 Å². The molecule has 3 N–H and O–H groups in total. The van der Waals surface area contributed by atoms with Crippen LogP contribution < -0.4 is 5.32 Å². The van der Waals surface area contributed by atoms with Gasteiger partial charge in [0.15, 0.2) is 0 Å². The Morgan fingerprint density at radius 3 is 2.64 bits per heavy atom. The van der Waals surface area contributed by atoms with E-state index in [2.05, 4.69) is 35.5 Å². The topological polar surface area (TPSA) is 112 Å². The van der Waals surface area contributed by atoms with Crippen LogP contribution >= 0.6 is 0 Å². The molecule has 1 aliphatic rings. The smallest absolute Gasteiger partial charge is 0.224 e. The number of nitrogens with one attached hydrogen (secondary N) is 3. The molecular weight excluding hydrogens is 529 g/mol. The lowest BCUT2D eigenvalue weighted by molar-refractivity contribution is -0.117. The number of anilines is 1. The number of fused-ring (bicyclic) bond motifs is 2. The van der Waals surface area contributed by atoms with E-state index in [0.29, 0.717) is 23.7 Å². The van der Waals surface area contributed by atoms with Gasteiger partial charge in [0.1, 0.15) is 11.5 Å². The van der Waals surface area contributed by atoms with Crippen LogP contribution in [0.1, 0.15) is 44.1 Å². The number of benzene rings is 1. The van der Waals surface area contributed by atoms with E-state index in [0.717, 1.165) is 68.4 Å². The molecule has 1 amide bonds. The molecule has 0 unspecified atom stereocenters. The van der Waals surface area contributed by atoms with Crippen LogP contribution in [0.4, 0.5) is 10.1 Å². The Morgan fingerprint density at radius 1 is 0.929 bits per heavy atom. The molecule has 1 aliphatic carbocycles. The van der Waals surface area contributed by atoms with Gasteiger partial charge in [-0.1, -0.05) is 19.3 Å². The minimum absolute atomic E-state index is 0.0301. The average molecular weight is 560 g/mol. The number of aromatic amines is 2. The van der Waals surface area contributed by atoms with Gasteiger partial charge in [-0.25, -0.2) is 4.39 Å². The van der Waals surface area contributed by atoms with E-state index in [1.54, 1.807) is 24.8 Å². The molecule has 1 saturated carbocycles. The highest BCUT2D eigenvalue weighted by molar-refractivity contribution is 6.00. The fraction of sp³-hybridized carbons (Fsp3) is 0.242. The molecule has 0 saturated heterocycles. The molecule has 1 aromatic carbocycles. The zero-order valence-electron chi connectivity index (χ0n) is 23.2. The van der Waals surface area contributed by atoms with Crippen LogP contribution in [-0.4, -0.2) is 36.0 Å². The van der Waals surface area contributed by atoms with Crippen LogP contribution in [-0.2, 0) is 4.79 Å². The zero-order chi connectivity index (χ0) is 28.6. The van der Waals surface area contributed by atoms with Crippen LogP contribution in [0.5, 0.6) is 0 Å². The number of carbonyl (C=O) groups is 1. The lowest BCUT2D eigenvalue weighted by Crippen LogP contribution is -2.18. The van der Waals surface area contributed by atoms with E-state index in [9.17, 15) is 9.18 Å². The number of hydrogen-bond donors (Lipinski definition) is 3. The normalized spacial score (nSPS) is 14.0. The van der Waals surface area contributed by atoms with Gasteiger partial charge < -0.3 is 10.3 Å². The first-order chi connectivity index (χ1) is 20.5. The van der Waals surface area contributed by atoms with Gasteiger partial charge in [-0.05, 0) is 73.7 Å². The molecule has 210 valence electrons. The van der Waals surface area contributed by atoms with Gasteiger partial charge in [-0.15, -0.1) is 0 Å². The molecule has 42 heavy (non-hydrogen) atoms. The minimum Gasteiger partial charge on any atom is -0.353 e. The quantitative estimate of drug-likeness (QED) is 0.195. The molecule has 1 fully saturated rings. The fourth-order valence-corrected chi connectivity index (χ4v) is 6.08. The Morgan fingerprint density at radius 2 is 1.79 bits per heavy atom. The highest BCUT2D eigenvalue weighted by Gasteiger charge is 2.18. The molecule has 0 bridgehead atoms. The Balaban J connectivity index is 1.20. The SMILES string of the molecule is Cc1cc(F)cc(-c2nccc3[nH]c(-c4n[nH]c5cnc(-c6cncc(NC(=O)CC7CCCCC7)c6)cc45)cc23)c1. The lowest BCUT2D eigenvalue weighted by atomic mass is 9.87. The molecule has 5 heterocycles. The maximum absolute atomic E-state index is 14.2. The molecule has 6 aromatic rings. The van der Waals surface area contributed by atoms with Crippen molar-refractivity contribution in [1.29, 1.82) is 0 Å². The largest absolute Gasteiger partial charge is 0.353 e. The monoisotopic (exact) mass is 559 g/mol. The van der Waals surface area contributed by atoms with Crippen molar-refractivity contribution in [1.82, 2.24) is 30.1 Å². The summed E-state index contributed by atoms with van der Waals surface area (Å²) < 4.78 is 14.2. The Kier molecular flexibility index (Phi) is 6.70. The van der Waals surface area contributed by atoms with Crippen LogP contribution in [0.3, 0.4) is 0 Å². The van der Waals surface area contributed by atoms with Crippen LogP contribution in [0, 0.1) is 18.7 Å². The Labute approximate surface area is 241 Å². The number of aryl methyl sites for hydroxylation is 1. The standard InChI is InChI=1S/C33H30FN7O/c1-19-9-21(12-23(34)10-19)32-25-15-29(39-27(25)7-8-36-32)33-26-14-28(37-18-30(26)40-41-33)22-13-24(17-35-16-22)38-31(42)11-20-5-3-2-4-6-20/h7-10,12-18,20,39H,2-6,11H2,1H3,(H,38,42)(H,40,41). The highest BCUT2D eigenvalue weighted by atomic mass is 19.1. The number of hydrogen-bond acceptors (Lipinski definition) is 5. The minimum atomic E-state index is -0.291. The predicted molar refractivity (Wildman–Crippen MR) is 162 cm³/mol. The second kappa shape index (κ2) is 10.8. The number of amides is 1. The number of rotatable bonds is 6. The van der Waals surface area contributed by atoms with E-state index in [-0.39, 0.29) is 11.7 Å². The second-order valence-electron chi connectivity index (χ2n) is 11.2. The van der Waals surface area contributed by atoms with Gasteiger partial charge in [-0.3, -0.25) is 24.8 Å². The fourth-order valence-electron chi connectivity index (χ4n) is 6.08. The Hall–Kier alpha value is -4.92. The summed E-state index contributed by atoms with van der Waals surface area (Å²) in [5.41, 5.74) is 7.63. The summed E-state index contributed by atoms with van der Waals surface area (Å²) in [6.07, 6.45) is 13.4. The average Bonchev–Trinajstić information content (AvgIpc) is 3.61. The third-order valence-corrected chi connectivity index (χ3v) is 8.08. The highest BCUT2D eigenvalue weighted by Crippen LogP contribution is 2.34. The first kappa shape index (κ1) is 26.0. The van der Waals surface area contributed by atoms with E-state index >= 15 is 0 Å². The maximum Gasteiger partial charge on any atom is 0.224 e. The van der Waals surface area contributed by atoms with E-state index in [1.165, 1.54) is 31.4 Å². The maximum atomic E-state index is 14.2. The molecule has 9 heteroatoms. The van der Waals surface area contributed by atoms with Gasteiger partial charge in [0.2, 0.25) is 5.91 Å². The summed E-state index contributed by atoms with van der Waals surface area (Å²) in [6, 6.07) is 12.7. The molecular formula is C33H30FN7O. The van der Waals surface area contributed by atoms with Crippen molar-refractivity contribution in [3.8, 4) is 33.9 Å². The first-order valence-electron chi connectivity index (χ1n) is 14.4. The Bertz CT molecular complexity index is 1920. The first-order valence-corrected chi connectivity index (χ1v) is 14.4. The van der Waals surface area contributed by atoms with Crippen molar-refractivity contribution in [3.05, 3.63) is 78.6 Å². The summed E-state index contributed by atoms with van der Waals surface area (Å²) in [5.74, 6) is 0.204. The van der Waals surface area contributed by atoms with Gasteiger partial charge >= 0.3 is 0 Å². The summed E-state index contributed by atoms with van der Waals surface area (Å²) in [5, 5.41) is 12.5. The summed E-state index contributed by atoms with van der Waals surface area (Å²) in [6.45, 7) is 1.87. The number of halogens is 1. The third kappa shape index (κ3) is 5.13. The lowest BCUT2D eigenvalue weighted by Gasteiger charge is -2.20. The van der Waals surface area contributed by atoms with Crippen LogP contribution in [0.2, 0.25) is 0 Å². The summed E-state index contributed by atoms with van der Waals surface area (Å²) in [7, 11) is 0. The number of pyridine rings is 3. The van der Waals surface area contributed by atoms with Crippen molar-refractivity contribution in [3.63, 3.8) is 0 Å². The second-order valence-corrected chi connectivity index (χ2v) is 11.2. The molecule has 0 radical (unpaired) electrons. The zero-order valence-corrected chi connectivity index (χ0v) is 23.2. The van der Waals surface area contributed by atoms with Crippen molar-refractivity contribution in [2.75, 3.05) is 5.32 Å². The molecule has 0 atom stereocenters. The van der Waals surface area contributed by atoms with Crippen molar-refractivity contribution >= 4 is 33.4 Å². The molecule has 7 rings (SSSR count). The number of carbonyl (C=O) groups excluding carboxylic acids is 1. The van der Waals surface area contributed by atoms with E-state index < -0.39 is 0 Å². The van der Waals surface area contributed by atoms with Gasteiger partial charge in [-0.2, -0.15) is 5.10 Å². The molecule has 8 nitrogen and oxygen atoms in total. The molecule has 0 aliphatic heterocycles. The van der Waals surface area contributed by atoms with Gasteiger partial charge in [0.05, 0.1) is 40.7 Å². The van der Waals surface area contributed by atoms with E-state index in [4.69, 9.17) is 0 Å². The number of nitrogens with zero attached hydrogens (tertiary/aromatic N) is 4. The summed E-state index contributed by atoms with van der Waals surface area (Å²) in [4.78, 5) is 29.7. The van der Waals surface area contributed by atoms with Crippen LogP contribution in [0.15, 0.2) is 67.3 Å². The van der Waals surface area contributed by atoms with Crippen LogP contribution in [0.25, 0.3) is 55.7 Å². The van der Waals surface area contributed by atoms with Gasteiger partial charge in [0.25, 0.3) is 0 Å². The van der Waals surface area contributed by atoms with E-state index in [1.807, 2.05) is 37.3 Å². The number of H-pyrrole nitrogens is 2. The molecule has 0 spiro atoms. The van der Waals surface area contributed by atoms with Crippen molar-refractivity contribution in [2.45, 2.75) is 45.4 Å². The van der Waals surface area contributed by atoms with Crippen molar-refractivity contribution in [2.24, 2.45) is 5.92 Å². The van der Waals surface area contributed by atoms with Gasteiger partial charge in [0, 0.05) is 46.2 Å². The third-order valence-electron chi connectivity index (χ3n) is 8.08.